The van der Waals surface area contributed by atoms with Crippen LogP contribution in [0.5, 0.6) is 34.5 Å². The SMILES string of the molecule is CCCC(=O)c1c(O)c(Cc2c(O)c(C)c(O)c(C(=O)CC(C)C)c2O)c(O)c(C)c1OC. The van der Waals surface area contributed by atoms with Gasteiger partial charge in [0.25, 0.3) is 0 Å². The van der Waals surface area contributed by atoms with Crippen molar-refractivity contribution in [2.75, 3.05) is 7.11 Å². The topological polar surface area (TPSA) is 145 Å². The van der Waals surface area contributed by atoms with Crippen molar-refractivity contribution in [3.63, 3.8) is 0 Å². The smallest absolute Gasteiger partial charge is 0.170 e. The lowest BCUT2D eigenvalue weighted by atomic mass is 9.89. The first-order chi connectivity index (χ1) is 15.4. The molecule has 33 heavy (non-hydrogen) atoms. The van der Waals surface area contributed by atoms with Crippen LogP contribution in [-0.2, 0) is 6.42 Å². The van der Waals surface area contributed by atoms with Crippen molar-refractivity contribution in [2.45, 2.75) is 60.3 Å². The minimum absolute atomic E-state index is 0.0265. The van der Waals surface area contributed by atoms with E-state index in [-0.39, 0.29) is 69.4 Å². The minimum atomic E-state index is -0.644. The van der Waals surface area contributed by atoms with E-state index < -0.39 is 35.2 Å². The molecule has 0 bridgehead atoms. The summed E-state index contributed by atoms with van der Waals surface area (Å²) in [4.78, 5) is 25.4. The third-order valence-electron chi connectivity index (χ3n) is 5.67. The molecule has 0 saturated heterocycles. The first-order valence-electron chi connectivity index (χ1n) is 10.8. The van der Waals surface area contributed by atoms with Gasteiger partial charge in [0.1, 0.15) is 45.6 Å². The van der Waals surface area contributed by atoms with Crippen LogP contribution in [0.25, 0.3) is 0 Å². The zero-order chi connectivity index (χ0) is 25.2. The number of hydrogen-bond donors (Lipinski definition) is 5. The Labute approximate surface area is 193 Å². The maximum Gasteiger partial charge on any atom is 0.170 e. The van der Waals surface area contributed by atoms with Gasteiger partial charge in [-0.15, -0.1) is 0 Å². The molecule has 0 aromatic heterocycles. The van der Waals surface area contributed by atoms with Crippen molar-refractivity contribution < 1.29 is 39.9 Å². The molecule has 0 atom stereocenters. The quantitative estimate of drug-likeness (QED) is 0.340. The van der Waals surface area contributed by atoms with Crippen LogP contribution < -0.4 is 4.74 Å². The van der Waals surface area contributed by atoms with Crippen LogP contribution in [0.15, 0.2) is 0 Å². The monoisotopic (exact) mass is 460 g/mol. The van der Waals surface area contributed by atoms with E-state index >= 15 is 0 Å². The molecule has 2 aromatic rings. The summed E-state index contributed by atoms with van der Waals surface area (Å²) in [5, 5.41) is 53.6. The Hall–Kier alpha value is -3.42. The highest BCUT2D eigenvalue weighted by Crippen LogP contribution is 2.48. The normalized spacial score (nSPS) is 11.1. The van der Waals surface area contributed by atoms with E-state index in [0.29, 0.717) is 6.42 Å². The number of ketones is 2. The lowest BCUT2D eigenvalue weighted by Crippen LogP contribution is -2.09. The second-order valence-corrected chi connectivity index (χ2v) is 8.60. The summed E-state index contributed by atoms with van der Waals surface area (Å²) < 4.78 is 5.26. The molecule has 0 saturated carbocycles. The van der Waals surface area contributed by atoms with Crippen molar-refractivity contribution in [3.8, 4) is 34.5 Å². The molecule has 0 amide bonds. The molecule has 2 rings (SSSR count). The fourth-order valence-corrected chi connectivity index (χ4v) is 3.91. The standard InChI is InChI=1S/C25H32O8/c1-7-8-16(26)19-24(32)15(21(29)13(5)25(19)33-6)10-14-20(28)12(4)22(30)18(23(14)31)17(27)9-11(2)3/h11,28-32H,7-10H2,1-6H3. The number of phenols is 5. The number of rotatable bonds is 9. The molecule has 8 heteroatoms. The number of carbonyl (C=O) groups is 2. The molecule has 0 aliphatic rings. The van der Waals surface area contributed by atoms with Gasteiger partial charge in [0.2, 0.25) is 0 Å². The molecule has 0 aliphatic heterocycles. The third kappa shape index (κ3) is 4.69. The summed E-state index contributed by atoms with van der Waals surface area (Å²) in [5.41, 5.74) is -0.542. The van der Waals surface area contributed by atoms with Crippen LogP contribution >= 0.6 is 0 Å². The number of methoxy groups -OCH3 is 1. The first kappa shape index (κ1) is 25.8. The van der Waals surface area contributed by atoms with Crippen molar-refractivity contribution in [2.24, 2.45) is 5.92 Å². The minimum Gasteiger partial charge on any atom is -0.507 e. The zero-order valence-electron chi connectivity index (χ0n) is 19.9. The van der Waals surface area contributed by atoms with Gasteiger partial charge in [0.05, 0.1) is 7.11 Å². The van der Waals surface area contributed by atoms with Crippen LogP contribution in [0.1, 0.15) is 83.0 Å². The molecule has 0 aliphatic carbocycles. The van der Waals surface area contributed by atoms with E-state index in [9.17, 15) is 35.1 Å². The number of hydrogen-bond acceptors (Lipinski definition) is 8. The van der Waals surface area contributed by atoms with Gasteiger partial charge in [-0.25, -0.2) is 0 Å². The number of carbonyl (C=O) groups excluding carboxylic acids is 2. The largest absolute Gasteiger partial charge is 0.507 e. The average Bonchev–Trinajstić information content (AvgIpc) is 2.73. The Morgan fingerprint density at radius 2 is 1.30 bits per heavy atom. The molecular weight excluding hydrogens is 428 g/mol. The summed E-state index contributed by atoms with van der Waals surface area (Å²) in [6, 6.07) is 0. The van der Waals surface area contributed by atoms with Gasteiger partial charge in [-0.1, -0.05) is 20.8 Å². The van der Waals surface area contributed by atoms with E-state index in [1.54, 1.807) is 6.92 Å². The molecule has 0 radical (unpaired) electrons. The number of aromatic hydroxyl groups is 5. The molecular formula is C25H32O8. The lowest BCUT2D eigenvalue weighted by molar-refractivity contribution is 0.0957. The Balaban J connectivity index is 2.79. The number of phenolic OH excluding ortho intramolecular Hbond substituents is 5. The van der Waals surface area contributed by atoms with Gasteiger partial charge >= 0.3 is 0 Å². The third-order valence-corrected chi connectivity index (χ3v) is 5.67. The van der Waals surface area contributed by atoms with Crippen molar-refractivity contribution >= 4 is 11.6 Å². The van der Waals surface area contributed by atoms with E-state index in [1.807, 2.05) is 13.8 Å². The lowest BCUT2D eigenvalue weighted by Gasteiger charge is -2.20. The van der Waals surface area contributed by atoms with Crippen LogP contribution in [0.2, 0.25) is 0 Å². The number of ether oxygens (including phenoxy) is 1. The Kier molecular flexibility index (Phi) is 7.84. The van der Waals surface area contributed by atoms with Crippen LogP contribution in [0.4, 0.5) is 0 Å². The molecule has 5 N–H and O–H groups in total. The number of Topliss-reactive ketones (excluding diaryl/α,β-unsaturated/α-hetero) is 2. The van der Waals surface area contributed by atoms with Crippen LogP contribution in [0, 0.1) is 19.8 Å². The Morgan fingerprint density at radius 1 is 0.788 bits per heavy atom. The second-order valence-electron chi connectivity index (χ2n) is 8.60. The van der Waals surface area contributed by atoms with Crippen LogP contribution in [0.3, 0.4) is 0 Å². The molecule has 8 nitrogen and oxygen atoms in total. The molecule has 180 valence electrons. The van der Waals surface area contributed by atoms with Crippen LogP contribution in [-0.4, -0.2) is 44.2 Å². The van der Waals surface area contributed by atoms with Gasteiger partial charge in [-0.2, -0.15) is 0 Å². The molecule has 0 fully saturated rings. The van der Waals surface area contributed by atoms with E-state index in [1.165, 1.54) is 21.0 Å². The zero-order valence-corrected chi connectivity index (χ0v) is 19.9. The summed E-state index contributed by atoms with van der Waals surface area (Å²) in [7, 11) is 1.32. The highest BCUT2D eigenvalue weighted by atomic mass is 16.5. The van der Waals surface area contributed by atoms with E-state index in [2.05, 4.69) is 0 Å². The second kappa shape index (κ2) is 10.0. The van der Waals surface area contributed by atoms with Gasteiger partial charge in [0, 0.05) is 41.5 Å². The van der Waals surface area contributed by atoms with Crippen molar-refractivity contribution in [1.82, 2.24) is 0 Å². The van der Waals surface area contributed by atoms with Gasteiger partial charge in [0.15, 0.2) is 11.6 Å². The predicted molar refractivity (Wildman–Crippen MR) is 123 cm³/mol. The summed E-state index contributed by atoms with van der Waals surface area (Å²) in [5.74, 6) is -3.48. The van der Waals surface area contributed by atoms with E-state index in [4.69, 9.17) is 4.74 Å². The van der Waals surface area contributed by atoms with Crippen molar-refractivity contribution in [3.05, 3.63) is 33.4 Å². The highest BCUT2D eigenvalue weighted by Gasteiger charge is 2.30. The molecule has 2 aromatic carbocycles. The van der Waals surface area contributed by atoms with Gasteiger partial charge in [-0.3, -0.25) is 9.59 Å². The maximum atomic E-state index is 12.7. The fraction of sp³-hybridized carbons (Fsp3) is 0.440. The highest BCUT2D eigenvalue weighted by molar-refractivity contribution is 6.03. The predicted octanol–water partition coefficient (Wildman–Crippen LogP) is 4.64. The molecule has 0 heterocycles. The Morgan fingerprint density at radius 3 is 1.79 bits per heavy atom. The summed E-state index contributed by atoms with van der Waals surface area (Å²) in [6.07, 6.45) is 0.307. The molecule has 0 spiro atoms. The summed E-state index contributed by atoms with van der Waals surface area (Å²) >= 11 is 0. The van der Waals surface area contributed by atoms with Gasteiger partial charge < -0.3 is 30.3 Å². The van der Waals surface area contributed by atoms with E-state index in [0.717, 1.165) is 0 Å². The summed E-state index contributed by atoms with van der Waals surface area (Å²) in [6.45, 7) is 8.32. The maximum absolute atomic E-state index is 12.7. The number of benzene rings is 2. The Bertz CT molecular complexity index is 1100. The average molecular weight is 461 g/mol. The first-order valence-corrected chi connectivity index (χ1v) is 10.8. The fourth-order valence-electron chi connectivity index (χ4n) is 3.91. The van der Waals surface area contributed by atoms with Crippen molar-refractivity contribution in [1.29, 1.82) is 0 Å². The van der Waals surface area contributed by atoms with Gasteiger partial charge in [-0.05, 0) is 26.2 Å². The molecule has 0 unspecified atom stereocenters.